The van der Waals surface area contributed by atoms with Gasteiger partial charge in [0.15, 0.2) is 0 Å². The van der Waals surface area contributed by atoms with Crippen LogP contribution in [0.3, 0.4) is 0 Å². The summed E-state index contributed by atoms with van der Waals surface area (Å²) >= 11 is 0. The lowest BCUT2D eigenvalue weighted by atomic mass is 9.89. The molecule has 134 valence electrons. The maximum Gasteiger partial charge on any atom is 0.223 e. The van der Waals surface area contributed by atoms with E-state index in [4.69, 9.17) is 0 Å². The van der Waals surface area contributed by atoms with Crippen molar-refractivity contribution in [2.45, 2.75) is 39.0 Å². The Hall–Kier alpha value is -2.62. The fourth-order valence-corrected chi connectivity index (χ4v) is 4.05. The minimum atomic E-state index is 0.0149. The largest absolute Gasteiger partial charge is 0.343 e. The number of hydrogen-bond acceptors (Lipinski definition) is 2. The standard InChI is InChI=1S/C22H25N3O/c1-16-8-3-4-10-18(16)19(14-21(26)24-11-5-6-12-24)20-15-23-22-17(2)9-7-13-25(20)22/h3-4,7-10,13,15,19H,5-6,11-12,14H2,1-2H3. The van der Waals surface area contributed by atoms with Crippen molar-refractivity contribution in [1.29, 1.82) is 0 Å². The number of benzene rings is 1. The lowest BCUT2D eigenvalue weighted by Crippen LogP contribution is -2.29. The summed E-state index contributed by atoms with van der Waals surface area (Å²) in [5, 5.41) is 0. The van der Waals surface area contributed by atoms with Gasteiger partial charge in [-0.15, -0.1) is 0 Å². The van der Waals surface area contributed by atoms with E-state index in [0.29, 0.717) is 6.42 Å². The van der Waals surface area contributed by atoms with Crippen molar-refractivity contribution < 1.29 is 4.79 Å². The van der Waals surface area contributed by atoms with E-state index in [-0.39, 0.29) is 11.8 Å². The van der Waals surface area contributed by atoms with E-state index in [2.05, 4.69) is 59.8 Å². The molecule has 0 bridgehead atoms. The van der Waals surface area contributed by atoms with Crippen LogP contribution in [-0.2, 0) is 4.79 Å². The van der Waals surface area contributed by atoms with E-state index < -0.39 is 0 Å². The third kappa shape index (κ3) is 3.00. The molecule has 1 unspecified atom stereocenters. The van der Waals surface area contributed by atoms with Crippen LogP contribution in [0.4, 0.5) is 0 Å². The minimum absolute atomic E-state index is 0.0149. The predicted molar refractivity (Wildman–Crippen MR) is 103 cm³/mol. The van der Waals surface area contributed by atoms with Gasteiger partial charge in [0.2, 0.25) is 5.91 Å². The molecule has 0 saturated carbocycles. The van der Waals surface area contributed by atoms with E-state index in [1.165, 1.54) is 11.1 Å². The molecule has 3 heterocycles. The molecular formula is C22H25N3O. The molecule has 1 aliphatic rings. The van der Waals surface area contributed by atoms with Crippen molar-refractivity contribution >= 4 is 11.6 Å². The van der Waals surface area contributed by atoms with Crippen molar-refractivity contribution in [2.24, 2.45) is 0 Å². The second-order valence-electron chi connectivity index (χ2n) is 7.27. The average Bonchev–Trinajstić information content (AvgIpc) is 3.31. The van der Waals surface area contributed by atoms with Gasteiger partial charge < -0.3 is 9.30 Å². The van der Waals surface area contributed by atoms with Crippen molar-refractivity contribution in [2.75, 3.05) is 13.1 Å². The van der Waals surface area contributed by atoms with Gasteiger partial charge in [0, 0.05) is 37.8 Å². The number of imidazole rings is 1. The molecule has 0 N–H and O–H groups in total. The highest BCUT2D eigenvalue weighted by Crippen LogP contribution is 2.32. The first-order valence-corrected chi connectivity index (χ1v) is 9.41. The number of carbonyl (C=O) groups excluding carboxylic acids is 1. The zero-order valence-electron chi connectivity index (χ0n) is 15.5. The van der Waals surface area contributed by atoms with Crippen molar-refractivity contribution in [3.63, 3.8) is 0 Å². The van der Waals surface area contributed by atoms with Crippen molar-refractivity contribution in [1.82, 2.24) is 14.3 Å². The van der Waals surface area contributed by atoms with Crippen LogP contribution in [0.25, 0.3) is 5.65 Å². The second kappa shape index (κ2) is 6.94. The molecule has 0 radical (unpaired) electrons. The van der Waals surface area contributed by atoms with E-state index in [0.717, 1.165) is 42.8 Å². The molecule has 1 aliphatic heterocycles. The fraction of sp³-hybridized carbons (Fsp3) is 0.364. The molecule has 1 aromatic carbocycles. The average molecular weight is 347 g/mol. The van der Waals surface area contributed by atoms with Gasteiger partial charge in [-0.1, -0.05) is 30.3 Å². The summed E-state index contributed by atoms with van der Waals surface area (Å²) in [5.74, 6) is 0.263. The normalized spacial score (nSPS) is 15.5. The Kier molecular flexibility index (Phi) is 4.49. The lowest BCUT2D eigenvalue weighted by molar-refractivity contribution is -0.130. The maximum absolute atomic E-state index is 12.9. The number of hydrogen-bond donors (Lipinski definition) is 0. The Morgan fingerprint density at radius 2 is 1.81 bits per heavy atom. The van der Waals surface area contributed by atoms with Crippen LogP contribution in [0.15, 0.2) is 48.8 Å². The molecule has 1 amide bonds. The first-order valence-electron chi connectivity index (χ1n) is 9.41. The summed E-state index contributed by atoms with van der Waals surface area (Å²) in [6, 6.07) is 12.5. The van der Waals surface area contributed by atoms with Crippen molar-refractivity contribution in [3.8, 4) is 0 Å². The zero-order chi connectivity index (χ0) is 18.1. The highest BCUT2D eigenvalue weighted by molar-refractivity contribution is 5.78. The predicted octanol–water partition coefficient (Wildman–Crippen LogP) is 4.10. The fourth-order valence-electron chi connectivity index (χ4n) is 4.05. The van der Waals surface area contributed by atoms with E-state index in [1.54, 1.807) is 0 Å². The number of aryl methyl sites for hydroxylation is 2. The molecule has 1 atom stereocenters. The monoisotopic (exact) mass is 347 g/mol. The summed E-state index contributed by atoms with van der Waals surface area (Å²) in [4.78, 5) is 19.6. The first-order chi connectivity index (χ1) is 12.6. The molecule has 4 nitrogen and oxygen atoms in total. The number of carbonyl (C=O) groups is 1. The Morgan fingerprint density at radius 1 is 1.08 bits per heavy atom. The van der Waals surface area contributed by atoms with Crippen LogP contribution in [0.1, 0.15) is 47.6 Å². The SMILES string of the molecule is Cc1ccccc1C(CC(=O)N1CCCC1)c1cnc2c(C)cccn12. The number of pyridine rings is 1. The number of nitrogens with zero attached hydrogens (tertiary/aromatic N) is 3. The third-order valence-electron chi connectivity index (χ3n) is 5.52. The molecule has 4 heteroatoms. The molecule has 26 heavy (non-hydrogen) atoms. The number of amides is 1. The van der Waals surface area contributed by atoms with Crippen LogP contribution in [0.2, 0.25) is 0 Å². The van der Waals surface area contributed by atoms with Crippen LogP contribution >= 0.6 is 0 Å². The maximum atomic E-state index is 12.9. The highest BCUT2D eigenvalue weighted by Gasteiger charge is 2.27. The van der Waals surface area contributed by atoms with Crippen LogP contribution < -0.4 is 0 Å². The molecule has 4 rings (SSSR count). The Labute approximate surface area is 154 Å². The highest BCUT2D eigenvalue weighted by atomic mass is 16.2. The van der Waals surface area contributed by atoms with Gasteiger partial charge in [0.05, 0.1) is 5.69 Å². The number of fused-ring (bicyclic) bond motifs is 1. The Bertz CT molecular complexity index is 937. The summed E-state index contributed by atoms with van der Waals surface area (Å²) in [7, 11) is 0. The molecule has 0 spiro atoms. The second-order valence-corrected chi connectivity index (χ2v) is 7.27. The smallest absolute Gasteiger partial charge is 0.223 e. The first kappa shape index (κ1) is 16.8. The van der Waals surface area contributed by atoms with Crippen LogP contribution in [0.5, 0.6) is 0 Å². The molecule has 1 saturated heterocycles. The van der Waals surface area contributed by atoms with Crippen molar-refractivity contribution in [3.05, 3.63) is 71.2 Å². The van der Waals surface area contributed by atoms with Gasteiger partial charge in [-0.25, -0.2) is 4.98 Å². The van der Waals surface area contributed by atoms with Gasteiger partial charge in [-0.3, -0.25) is 4.79 Å². The summed E-state index contributed by atoms with van der Waals surface area (Å²) in [5.41, 5.74) is 5.63. The summed E-state index contributed by atoms with van der Waals surface area (Å²) in [6.45, 7) is 5.98. The number of rotatable bonds is 4. The third-order valence-corrected chi connectivity index (χ3v) is 5.52. The minimum Gasteiger partial charge on any atom is -0.343 e. The summed E-state index contributed by atoms with van der Waals surface area (Å²) < 4.78 is 2.14. The van der Waals surface area contributed by atoms with Gasteiger partial charge in [0.1, 0.15) is 5.65 Å². The quantitative estimate of drug-likeness (QED) is 0.713. The van der Waals surface area contributed by atoms with Gasteiger partial charge >= 0.3 is 0 Å². The van der Waals surface area contributed by atoms with Gasteiger partial charge in [0.25, 0.3) is 0 Å². The molecular weight excluding hydrogens is 322 g/mol. The van der Waals surface area contributed by atoms with E-state index >= 15 is 0 Å². The van der Waals surface area contributed by atoms with Crippen LogP contribution in [0, 0.1) is 13.8 Å². The van der Waals surface area contributed by atoms with Gasteiger partial charge in [-0.2, -0.15) is 0 Å². The molecule has 2 aromatic heterocycles. The topological polar surface area (TPSA) is 37.6 Å². The molecule has 0 aliphatic carbocycles. The molecule has 3 aromatic rings. The summed E-state index contributed by atoms with van der Waals surface area (Å²) in [6.07, 6.45) is 6.73. The van der Waals surface area contributed by atoms with E-state index in [1.807, 2.05) is 17.2 Å². The van der Waals surface area contributed by atoms with E-state index in [9.17, 15) is 4.79 Å². The Balaban J connectivity index is 1.78. The number of likely N-dealkylation sites (tertiary alicyclic amines) is 1. The van der Waals surface area contributed by atoms with Gasteiger partial charge in [-0.05, 0) is 49.4 Å². The molecule has 1 fully saturated rings. The number of aromatic nitrogens is 2. The zero-order valence-corrected chi connectivity index (χ0v) is 15.5. The van der Waals surface area contributed by atoms with Crippen LogP contribution in [-0.4, -0.2) is 33.3 Å². The Morgan fingerprint density at radius 3 is 2.58 bits per heavy atom. The lowest BCUT2D eigenvalue weighted by Gasteiger charge is -2.22.